The molecule has 4 nitrogen and oxygen atoms in total. The third-order valence-electron chi connectivity index (χ3n) is 2.80. The summed E-state index contributed by atoms with van der Waals surface area (Å²) in [6.45, 7) is 2.55. The van der Waals surface area contributed by atoms with Crippen LogP contribution in [0.1, 0.15) is 26.2 Å². The van der Waals surface area contributed by atoms with Crippen molar-refractivity contribution in [2.24, 2.45) is 0 Å². The average Bonchev–Trinajstić information content (AvgIpc) is 2.17. The first-order valence-corrected chi connectivity index (χ1v) is 4.68. The number of hydrogen-bond donors (Lipinski definition) is 2. The van der Waals surface area contributed by atoms with Crippen molar-refractivity contribution < 1.29 is 14.6 Å². The second-order valence-corrected chi connectivity index (χ2v) is 3.49. The molecule has 0 amide bonds. The molecule has 13 heavy (non-hydrogen) atoms. The van der Waals surface area contributed by atoms with Crippen LogP contribution in [0.25, 0.3) is 0 Å². The zero-order valence-corrected chi connectivity index (χ0v) is 8.17. The standard InChI is InChI=1S/C9H17NO3/c1-3-7-6-9(10-2,8(11)12)4-5-13-7/h7,10H,3-6H2,1-2H3,(H,11,12). The van der Waals surface area contributed by atoms with E-state index in [9.17, 15) is 4.79 Å². The van der Waals surface area contributed by atoms with E-state index in [0.717, 1.165) is 6.42 Å². The molecule has 1 aliphatic heterocycles. The molecule has 2 atom stereocenters. The first-order valence-electron chi connectivity index (χ1n) is 4.68. The van der Waals surface area contributed by atoms with Gasteiger partial charge >= 0.3 is 5.97 Å². The molecule has 2 N–H and O–H groups in total. The predicted molar refractivity (Wildman–Crippen MR) is 48.7 cm³/mol. The summed E-state index contributed by atoms with van der Waals surface area (Å²) >= 11 is 0. The van der Waals surface area contributed by atoms with Gasteiger partial charge in [0.25, 0.3) is 0 Å². The Labute approximate surface area is 78.3 Å². The highest BCUT2D eigenvalue weighted by Gasteiger charge is 2.41. The van der Waals surface area contributed by atoms with E-state index < -0.39 is 11.5 Å². The number of carbonyl (C=O) groups is 1. The molecular weight excluding hydrogens is 170 g/mol. The number of rotatable bonds is 3. The van der Waals surface area contributed by atoms with Crippen molar-refractivity contribution in [3.8, 4) is 0 Å². The Morgan fingerprint density at radius 2 is 2.46 bits per heavy atom. The van der Waals surface area contributed by atoms with Crippen molar-refractivity contribution in [1.82, 2.24) is 5.32 Å². The molecule has 1 rings (SSSR count). The van der Waals surface area contributed by atoms with E-state index in [1.54, 1.807) is 7.05 Å². The summed E-state index contributed by atoms with van der Waals surface area (Å²) in [6, 6.07) is 0. The number of likely N-dealkylation sites (N-methyl/N-ethyl adjacent to an activating group) is 1. The van der Waals surface area contributed by atoms with Crippen LogP contribution in [0.5, 0.6) is 0 Å². The van der Waals surface area contributed by atoms with Gasteiger partial charge in [0.2, 0.25) is 0 Å². The largest absolute Gasteiger partial charge is 0.480 e. The van der Waals surface area contributed by atoms with E-state index >= 15 is 0 Å². The second kappa shape index (κ2) is 4.07. The van der Waals surface area contributed by atoms with Crippen LogP contribution >= 0.6 is 0 Å². The predicted octanol–water partition coefficient (Wildman–Crippen LogP) is 0.618. The van der Waals surface area contributed by atoms with Crippen LogP contribution in [-0.4, -0.2) is 36.4 Å². The van der Waals surface area contributed by atoms with Gasteiger partial charge in [-0.3, -0.25) is 4.79 Å². The monoisotopic (exact) mass is 187 g/mol. The van der Waals surface area contributed by atoms with Gasteiger partial charge in [0.05, 0.1) is 6.10 Å². The summed E-state index contributed by atoms with van der Waals surface area (Å²) in [5.41, 5.74) is -0.765. The zero-order chi connectivity index (χ0) is 9.90. The molecule has 76 valence electrons. The molecular formula is C9H17NO3. The van der Waals surface area contributed by atoms with Crippen LogP contribution in [0.3, 0.4) is 0 Å². The molecule has 1 fully saturated rings. The molecule has 0 aromatic carbocycles. The van der Waals surface area contributed by atoms with E-state index in [1.165, 1.54) is 0 Å². The first-order chi connectivity index (χ1) is 6.14. The maximum atomic E-state index is 11.1. The van der Waals surface area contributed by atoms with Gasteiger partial charge in [0.1, 0.15) is 5.54 Å². The Morgan fingerprint density at radius 3 is 2.92 bits per heavy atom. The smallest absolute Gasteiger partial charge is 0.324 e. The minimum absolute atomic E-state index is 0.0808. The van der Waals surface area contributed by atoms with Crippen LogP contribution in [0.2, 0.25) is 0 Å². The lowest BCUT2D eigenvalue weighted by molar-refractivity contribution is -0.151. The Morgan fingerprint density at radius 1 is 1.77 bits per heavy atom. The van der Waals surface area contributed by atoms with Crippen molar-refractivity contribution in [3.05, 3.63) is 0 Å². The van der Waals surface area contributed by atoms with Gasteiger partial charge in [0, 0.05) is 13.0 Å². The highest BCUT2D eigenvalue weighted by atomic mass is 16.5. The summed E-state index contributed by atoms with van der Waals surface area (Å²) < 4.78 is 5.43. The average molecular weight is 187 g/mol. The van der Waals surface area contributed by atoms with Crippen LogP contribution < -0.4 is 5.32 Å². The summed E-state index contributed by atoms with van der Waals surface area (Å²) in [6.07, 6.45) is 2.07. The Kier molecular flexibility index (Phi) is 3.27. The molecule has 0 bridgehead atoms. The number of carboxylic acids is 1. The molecule has 0 spiro atoms. The van der Waals surface area contributed by atoms with Crippen molar-refractivity contribution in [2.45, 2.75) is 37.8 Å². The normalized spacial score (nSPS) is 34.5. The van der Waals surface area contributed by atoms with Crippen LogP contribution in [0, 0.1) is 0 Å². The van der Waals surface area contributed by atoms with Crippen molar-refractivity contribution in [2.75, 3.05) is 13.7 Å². The van der Waals surface area contributed by atoms with E-state index in [4.69, 9.17) is 9.84 Å². The maximum Gasteiger partial charge on any atom is 0.324 e. The minimum atomic E-state index is -0.767. The first kappa shape index (κ1) is 10.5. The third kappa shape index (κ3) is 2.00. The fourth-order valence-corrected chi connectivity index (χ4v) is 1.74. The summed E-state index contributed by atoms with van der Waals surface area (Å²) in [4.78, 5) is 11.1. The molecule has 0 aromatic heterocycles. The van der Waals surface area contributed by atoms with E-state index in [0.29, 0.717) is 19.4 Å². The van der Waals surface area contributed by atoms with Gasteiger partial charge in [-0.2, -0.15) is 0 Å². The van der Waals surface area contributed by atoms with Gasteiger partial charge in [-0.05, 0) is 19.9 Å². The fourth-order valence-electron chi connectivity index (χ4n) is 1.74. The third-order valence-corrected chi connectivity index (χ3v) is 2.80. The quantitative estimate of drug-likeness (QED) is 0.680. The van der Waals surface area contributed by atoms with Crippen molar-refractivity contribution in [1.29, 1.82) is 0 Å². The number of carboxylic acid groups (broad SMARTS) is 1. The molecule has 0 aromatic rings. The van der Waals surface area contributed by atoms with Crippen LogP contribution in [-0.2, 0) is 9.53 Å². The minimum Gasteiger partial charge on any atom is -0.480 e. The molecule has 0 aliphatic carbocycles. The molecule has 2 unspecified atom stereocenters. The molecule has 0 radical (unpaired) electrons. The Bertz CT molecular complexity index is 195. The summed E-state index contributed by atoms with van der Waals surface area (Å²) in [5.74, 6) is -0.767. The number of nitrogens with one attached hydrogen (secondary N) is 1. The lowest BCUT2D eigenvalue weighted by Gasteiger charge is -2.37. The van der Waals surface area contributed by atoms with Crippen LogP contribution in [0.15, 0.2) is 0 Å². The van der Waals surface area contributed by atoms with E-state index in [2.05, 4.69) is 5.32 Å². The topological polar surface area (TPSA) is 58.6 Å². The SMILES string of the molecule is CCC1CC(NC)(C(=O)O)CCO1. The molecule has 1 heterocycles. The highest BCUT2D eigenvalue weighted by Crippen LogP contribution is 2.26. The highest BCUT2D eigenvalue weighted by molar-refractivity contribution is 5.79. The Balaban J connectivity index is 2.69. The lowest BCUT2D eigenvalue weighted by atomic mass is 9.86. The second-order valence-electron chi connectivity index (χ2n) is 3.49. The number of ether oxygens (including phenoxy) is 1. The summed E-state index contributed by atoms with van der Waals surface area (Å²) in [5, 5.41) is 12.0. The fraction of sp³-hybridized carbons (Fsp3) is 0.889. The van der Waals surface area contributed by atoms with Crippen molar-refractivity contribution >= 4 is 5.97 Å². The summed E-state index contributed by atoms with van der Waals surface area (Å²) in [7, 11) is 1.70. The van der Waals surface area contributed by atoms with Gasteiger partial charge < -0.3 is 15.2 Å². The van der Waals surface area contributed by atoms with Gasteiger partial charge in [-0.1, -0.05) is 6.92 Å². The molecule has 4 heteroatoms. The molecule has 1 aliphatic rings. The number of aliphatic carboxylic acids is 1. The van der Waals surface area contributed by atoms with Gasteiger partial charge in [-0.25, -0.2) is 0 Å². The maximum absolute atomic E-state index is 11.1. The lowest BCUT2D eigenvalue weighted by Crippen LogP contribution is -2.55. The van der Waals surface area contributed by atoms with Crippen molar-refractivity contribution in [3.63, 3.8) is 0 Å². The molecule has 1 saturated heterocycles. The number of hydrogen-bond acceptors (Lipinski definition) is 3. The van der Waals surface area contributed by atoms with Gasteiger partial charge in [0.15, 0.2) is 0 Å². The zero-order valence-electron chi connectivity index (χ0n) is 8.17. The Hall–Kier alpha value is -0.610. The van der Waals surface area contributed by atoms with E-state index in [-0.39, 0.29) is 6.10 Å². The van der Waals surface area contributed by atoms with Gasteiger partial charge in [-0.15, -0.1) is 0 Å². The van der Waals surface area contributed by atoms with E-state index in [1.807, 2.05) is 6.92 Å². The molecule has 0 saturated carbocycles. The van der Waals surface area contributed by atoms with Crippen LogP contribution in [0.4, 0.5) is 0 Å².